The molecule has 1 aromatic rings. The summed E-state index contributed by atoms with van der Waals surface area (Å²) < 4.78 is 31.5. The summed E-state index contributed by atoms with van der Waals surface area (Å²) in [6, 6.07) is 2.86. The number of sulfonamides is 1. The van der Waals surface area contributed by atoms with Crippen LogP contribution in [0.3, 0.4) is 0 Å². The number of halogens is 1. The third kappa shape index (κ3) is 4.73. The summed E-state index contributed by atoms with van der Waals surface area (Å²) in [5, 5.41) is 9.07. The molecule has 1 unspecified atom stereocenters. The summed E-state index contributed by atoms with van der Waals surface area (Å²) in [6.07, 6.45) is -0.203. The molecule has 0 heterocycles. The molecule has 0 aliphatic heterocycles. The van der Waals surface area contributed by atoms with E-state index in [2.05, 4.69) is 11.3 Å². The zero-order chi connectivity index (χ0) is 16.2. The predicted octanol–water partition coefficient (Wildman–Crippen LogP) is 1.88. The molecule has 0 aliphatic carbocycles. The van der Waals surface area contributed by atoms with Gasteiger partial charge in [-0.1, -0.05) is 18.2 Å². The minimum atomic E-state index is -3.98. The summed E-state index contributed by atoms with van der Waals surface area (Å²) in [6.45, 7) is 5.06. The van der Waals surface area contributed by atoms with E-state index in [9.17, 15) is 13.2 Å². The molecule has 8 heteroatoms. The fraction of sp³-hybridized carbons (Fsp3) is 0.308. The van der Waals surface area contributed by atoms with Crippen molar-refractivity contribution in [1.29, 1.82) is 0 Å². The van der Waals surface area contributed by atoms with Gasteiger partial charge in [0.2, 0.25) is 10.0 Å². The Hall–Kier alpha value is -1.57. The van der Waals surface area contributed by atoms with Gasteiger partial charge in [0.05, 0.1) is 12.0 Å². The molecule has 21 heavy (non-hydrogen) atoms. The molecule has 0 saturated carbocycles. The van der Waals surface area contributed by atoms with Crippen molar-refractivity contribution in [2.45, 2.75) is 24.3 Å². The van der Waals surface area contributed by atoms with Crippen LogP contribution < -0.4 is 9.46 Å². The van der Waals surface area contributed by atoms with E-state index in [1.807, 2.05) is 0 Å². The van der Waals surface area contributed by atoms with Gasteiger partial charge < -0.3 is 9.84 Å². The lowest BCUT2D eigenvalue weighted by molar-refractivity contribution is -0.138. The van der Waals surface area contributed by atoms with Crippen molar-refractivity contribution in [3.8, 4) is 5.75 Å². The first-order valence-corrected chi connectivity index (χ1v) is 7.76. The predicted molar refractivity (Wildman–Crippen MR) is 79.1 cm³/mol. The van der Waals surface area contributed by atoms with Gasteiger partial charge in [-0.25, -0.2) is 8.42 Å². The number of benzene rings is 1. The first kappa shape index (κ1) is 17.5. The number of ether oxygens (including phenoxy) is 1. The topological polar surface area (TPSA) is 92.7 Å². The monoisotopic (exact) mass is 333 g/mol. The van der Waals surface area contributed by atoms with Gasteiger partial charge in [0.15, 0.2) is 0 Å². The summed E-state index contributed by atoms with van der Waals surface area (Å²) in [5.74, 6) is -0.788. The molecule has 0 radical (unpaired) electrons. The Balaban J connectivity index is 3.07. The van der Waals surface area contributed by atoms with E-state index in [0.717, 1.165) is 0 Å². The van der Waals surface area contributed by atoms with Crippen LogP contribution in [-0.2, 0) is 14.8 Å². The summed E-state index contributed by atoms with van der Waals surface area (Å²) in [4.78, 5) is 11.0. The van der Waals surface area contributed by atoms with E-state index >= 15 is 0 Å². The first-order valence-electron chi connectivity index (χ1n) is 5.90. The smallest absolute Gasteiger partial charge is 0.322 e. The molecule has 1 atom stereocenters. The van der Waals surface area contributed by atoms with Gasteiger partial charge in [-0.05, 0) is 30.7 Å². The maximum absolute atomic E-state index is 12.2. The lowest BCUT2D eigenvalue weighted by Crippen LogP contribution is -2.40. The Kier molecular flexibility index (Phi) is 5.77. The van der Waals surface area contributed by atoms with Crippen LogP contribution >= 0.6 is 11.6 Å². The van der Waals surface area contributed by atoms with Crippen LogP contribution in [0.5, 0.6) is 5.75 Å². The van der Waals surface area contributed by atoms with E-state index in [0.29, 0.717) is 11.3 Å². The standard InChI is InChI=1S/C13H16ClNO5S/c1-8-6-10(4-5-12(8)20-3)21(18,19)15-11(13(16)17)7-9(2)14/h4-6,11,15H,2,7H2,1,3H3,(H,16,17). The van der Waals surface area contributed by atoms with Crippen molar-refractivity contribution < 1.29 is 23.1 Å². The molecule has 0 aromatic heterocycles. The van der Waals surface area contributed by atoms with Crippen molar-refractivity contribution in [2.24, 2.45) is 0 Å². The SMILES string of the molecule is C=C(Cl)CC(NS(=O)(=O)c1ccc(OC)c(C)c1)C(=O)O. The van der Waals surface area contributed by atoms with Crippen LogP contribution in [0.15, 0.2) is 34.7 Å². The second kappa shape index (κ2) is 6.93. The summed E-state index contributed by atoms with van der Waals surface area (Å²) >= 11 is 5.55. The number of aliphatic carboxylic acids is 1. The van der Waals surface area contributed by atoms with Gasteiger partial charge in [-0.15, -0.1) is 0 Å². The van der Waals surface area contributed by atoms with Gasteiger partial charge in [0, 0.05) is 11.5 Å². The van der Waals surface area contributed by atoms with Crippen molar-refractivity contribution in [3.05, 3.63) is 35.4 Å². The number of aryl methyl sites for hydroxylation is 1. The van der Waals surface area contributed by atoms with Gasteiger partial charge in [-0.3, -0.25) is 4.79 Å². The Bertz CT molecular complexity index is 657. The molecule has 6 nitrogen and oxygen atoms in total. The quantitative estimate of drug-likeness (QED) is 0.794. The highest BCUT2D eigenvalue weighted by Gasteiger charge is 2.26. The zero-order valence-electron chi connectivity index (χ0n) is 11.6. The first-order chi connectivity index (χ1) is 9.67. The molecule has 0 saturated heterocycles. The minimum Gasteiger partial charge on any atom is -0.496 e. The highest BCUT2D eigenvalue weighted by Crippen LogP contribution is 2.22. The van der Waals surface area contributed by atoms with Gasteiger partial charge in [-0.2, -0.15) is 4.72 Å². The van der Waals surface area contributed by atoms with Crippen LogP contribution in [0.4, 0.5) is 0 Å². The highest BCUT2D eigenvalue weighted by atomic mass is 35.5. The highest BCUT2D eigenvalue weighted by molar-refractivity contribution is 7.89. The molecular formula is C13H16ClNO5S. The Labute approximate surface area is 128 Å². The van der Waals surface area contributed by atoms with Crippen molar-refractivity contribution in [3.63, 3.8) is 0 Å². The van der Waals surface area contributed by atoms with E-state index in [1.165, 1.54) is 25.3 Å². The molecular weight excluding hydrogens is 318 g/mol. The average Bonchev–Trinajstić information content (AvgIpc) is 2.36. The minimum absolute atomic E-state index is 0.0489. The number of hydrogen-bond acceptors (Lipinski definition) is 4. The molecule has 0 bridgehead atoms. The van der Waals surface area contributed by atoms with E-state index in [-0.39, 0.29) is 16.3 Å². The van der Waals surface area contributed by atoms with Crippen LogP contribution in [-0.4, -0.2) is 32.6 Å². The number of carbonyl (C=O) groups is 1. The molecule has 0 aliphatic rings. The lowest BCUT2D eigenvalue weighted by atomic mass is 10.2. The van der Waals surface area contributed by atoms with Crippen LogP contribution in [0.25, 0.3) is 0 Å². The number of methoxy groups -OCH3 is 1. The Morgan fingerprint density at radius 3 is 2.57 bits per heavy atom. The second-order valence-corrected chi connectivity index (χ2v) is 6.61. The molecule has 1 rings (SSSR count). The fourth-order valence-corrected chi connectivity index (χ4v) is 3.10. The van der Waals surface area contributed by atoms with Crippen molar-refractivity contribution in [2.75, 3.05) is 7.11 Å². The lowest BCUT2D eigenvalue weighted by Gasteiger charge is -2.15. The number of carboxylic acid groups (broad SMARTS) is 1. The van der Waals surface area contributed by atoms with Crippen molar-refractivity contribution >= 4 is 27.6 Å². The van der Waals surface area contributed by atoms with E-state index in [1.54, 1.807) is 6.92 Å². The Morgan fingerprint density at radius 1 is 1.52 bits per heavy atom. The molecule has 0 fully saturated rings. The fourth-order valence-electron chi connectivity index (χ4n) is 1.67. The summed E-state index contributed by atoms with van der Waals surface area (Å²) in [7, 11) is -2.51. The molecule has 1 aromatic carbocycles. The normalized spacial score (nSPS) is 12.7. The van der Waals surface area contributed by atoms with Crippen LogP contribution in [0.1, 0.15) is 12.0 Å². The number of carboxylic acids is 1. The van der Waals surface area contributed by atoms with Crippen LogP contribution in [0.2, 0.25) is 0 Å². The third-order valence-corrected chi connectivity index (χ3v) is 4.32. The van der Waals surface area contributed by atoms with E-state index < -0.39 is 22.0 Å². The maximum atomic E-state index is 12.2. The Morgan fingerprint density at radius 2 is 2.14 bits per heavy atom. The number of rotatable bonds is 7. The largest absolute Gasteiger partial charge is 0.496 e. The van der Waals surface area contributed by atoms with Gasteiger partial charge >= 0.3 is 5.97 Å². The maximum Gasteiger partial charge on any atom is 0.322 e. The molecule has 0 amide bonds. The zero-order valence-corrected chi connectivity index (χ0v) is 13.2. The van der Waals surface area contributed by atoms with Gasteiger partial charge in [0.1, 0.15) is 11.8 Å². The molecule has 116 valence electrons. The molecule has 2 N–H and O–H groups in total. The number of hydrogen-bond donors (Lipinski definition) is 2. The average molecular weight is 334 g/mol. The van der Waals surface area contributed by atoms with Crippen molar-refractivity contribution in [1.82, 2.24) is 4.72 Å². The van der Waals surface area contributed by atoms with Crippen LogP contribution in [0, 0.1) is 6.92 Å². The molecule has 0 spiro atoms. The third-order valence-electron chi connectivity index (χ3n) is 2.70. The van der Waals surface area contributed by atoms with Gasteiger partial charge in [0.25, 0.3) is 0 Å². The number of nitrogens with one attached hydrogen (secondary N) is 1. The van der Waals surface area contributed by atoms with E-state index in [4.69, 9.17) is 21.4 Å². The second-order valence-electron chi connectivity index (χ2n) is 4.36. The summed E-state index contributed by atoms with van der Waals surface area (Å²) in [5.41, 5.74) is 0.619.